The van der Waals surface area contributed by atoms with Gasteiger partial charge >= 0.3 is 0 Å². The van der Waals surface area contributed by atoms with Crippen LogP contribution in [0.4, 0.5) is 5.69 Å². The summed E-state index contributed by atoms with van der Waals surface area (Å²) in [7, 11) is 1.62. The Bertz CT molecular complexity index is 1190. The molecule has 164 valence electrons. The van der Waals surface area contributed by atoms with Crippen LogP contribution >= 0.6 is 0 Å². The van der Waals surface area contributed by atoms with Gasteiger partial charge in [0, 0.05) is 37.6 Å². The van der Waals surface area contributed by atoms with E-state index in [1.165, 1.54) is 0 Å². The number of carbonyl (C=O) groups excluding carboxylic acids is 2. The van der Waals surface area contributed by atoms with Crippen molar-refractivity contribution in [2.24, 2.45) is 0 Å². The second kappa shape index (κ2) is 7.82. The van der Waals surface area contributed by atoms with Gasteiger partial charge < -0.3 is 19.5 Å². The summed E-state index contributed by atoms with van der Waals surface area (Å²) in [6, 6.07) is 15.1. The molecule has 2 aliphatic heterocycles. The molecule has 2 atom stereocenters. The highest BCUT2D eigenvalue weighted by atomic mass is 16.5. The predicted molar refractivity (Wildman–Crippen MR) is 120 cm³/mol. The molecule has 1 saturated heterocycles. The van der Waals surface area contributed by atoms with E-state index in [-0.39, 0.29) is 11.8 Å². The highest BCUT2D eigenvalue weighted by Gasteiger charge is 2.59. The Balaban J connectivity index is 1.55. The normalized spacial score (nSPS) is 21.6. The summed E-state index contributed by atoms with van der Waals surface area (Å²) in [5.74, 6) is 1.56. The molecule has 0 unspecified atom stereocenters. The number of fused-ring (bicyclic) bond motifs is 2. The fourth-order valence-electron chi connectivity index (χ4n) is 5.23. The number of nitrogens with one attached hydrogen (secondary N) is 1. The number of nitrogens with zero attached hydrogens (tertiary/aromatic N) is 3. The summed E-state index contributed by atoms with van der Waals surface area (Å²) >= 11 is 0. The third-order valence-corrected chi connectivity index (χ3v) is 6.81. The van der Waals surface area contributed by atoms with Crippen LogP contribution in [0.25, 0.3) is 0 Å². The Morgan fingerprint density at radius 3 is 2.88 bits per heavy atom. The maximum atomic E-state index is 13.5. The first kappa shape index (κ1) is 20.3. The van der Waals surface area contributed by atoms with Gasteiger partial charge in [-0.15, -0.1) is 0 Å². The van der Waals surface area contributed by atoms with Gasteiger partial charge in [0.2, 0.25) is 11.8 Å². The number of aromatic nitrogens is 2. The number of methoxy groups -OCH3 is 1. The predicted octanol–water partition coefficient (Wildman–Crippen LogP) is 3.45. The topological polar surface area (TPSA) is 76.5 Å². The lowest BCUT2D eigenvalue weighted by molar-refractivity contribution is -0.133. The lowest BCUT2D eigenvalue weighted by Gasteiger charge is -2.34. The number of benzene rings is 2. The third kappa shape index (κ3) is 3.07. The van der Waals surface area contributed by atoms with Crippen molar-refractivity contribution in [1.82, 2.24) is 14.5 Å². The number of ether oxygens (including phenoxy) is 1. The molecule has 3 aromatic rings. The lowest BCUT2D eigenvalue weighted by atomic mass is 9.72. The minimum atomic E-state index is -0.816. The van der Waals surface area contributed by atoms with Gasteiger partial charge in [0.1, 0.15) is 17.0 Å². The fourth-order valence-corrected chi connectivity index (χ4v) is 5.23. The molecule has 1 N–H and O–H groups in total. The van der Waals surface area contributed by atoms with E-state index in [4.69, 9.17) is 4.74 Å². The molecule has 0 saturated carbocycles. The molecular formula is C25H26N4O3. The van der Waals surface area contributed by atoms with E-state index >= 15 is 0 Å². The summed E-state index contributed by atoms with van der Waals surface area (Å²) in [5, 5.41) is 3.06. The van der Waals surface area contributed by atoms with Crippen LogP contribution in [0.1, 0.15) is 35.8 Å². The monoisotopic (exact) mass is 430 g/mol. The van der Waals surface area contributed by atoms with Crippen molar-refractivity contribution in [2.75, 3.05) is 19.0 Å². The SMILES string of the molecule is COc1cccc([C@@H]2N(C(=O)CCn3ccnc3C)CC[C@]23C(=O)Nc2ccccc23)c1. The molecule has 0 radical (unpaired) electrons. The minimum absolute atomic E-state index is 0.0278. The number of anilines is 1. The first-order chi connectivity index (χ1) is 15.5. The van der Waals surface area contributed by atoms with Gasteiger partial charge in [-0.25, -0.2) is 4.98 Å². The van der Waals surface area contributed by atoms with Crippen molar-refractivity contribution in [3.63, 3.8) is 0 Å². The van der Waals surface area contributed by atoms with Gasteiger partial charge in [-0.3, -0.25) is 9.59 Å². The van der Waals surface area contributed by atoms with Crippen LogP contribution < -0.4 is 10.1 Å². The summed E-state index contributed by atoms with van der Waals surface area (Å²) in [6.45, 7) is 3.00. The maximum Gasteiger partial charge on any atom is 0.237 e. The average molecular weight is 431 g/mol. The largest absolute Gasteiger partial charge is 0.497 e. The van der Waals surface area contributed by atoms with Crippen LogP contribution in [0.15, 0.2) is 60.9 Å². The van der Waals surface area contributed by atoms with E-state index in [1.807, 2.05) is 71.1 Å². The lowest BCUT2D eigenvalue weighted by Crippen LogP contribution is -2.42. The van der Waals surface area contributed by atoms with E-state index in [0.29, 0.717) is 31.7 Å². The average Bonchev–Trinajstić information content (AvgIpc) is 3.49. The molecule has 2 aromatic carbocycles. The minimum Gasteiger partial charge on any atom is -0.497 e. The first-order valence-electron chi connectivity index (χ1n) is 10.9. The molecule has 7 nitrogen and oxygen atoms in total. The molecule has 32 heavy (non-hydrogen) atoms. The van der Waals surface area contributed by atoms with E-state index < -0.39 is 11.5 Å². The summed E-state index contributed by atoms with van der Waals surface area (Å²) in [5.41, 5.74) is 1.87. The molecule has 1 spiro atoms. The molecule has 0 bridgehead atoms. The Hall–Kier alpha value is -3.61. The van der Waals surface area contributed by atoms with Crippen molar-refractivity contribution >= 4 is 17.5 Å². The van der Waals surface area contributed by atoms with Crippen molar-refractivity contribution in [2.45, 2.75) is 37.8 Å². The van der Waals surface area contributed by atoms with Gasteiger partial charge in [-0.1, -0.05) is 30.3 Å². The number of aryl methyl sites for hydroxylation is 2. The molecule has 2 amide bonds. The summed E-state index contributed by atoms with van der Waals surface area (Å²) in [6.07, 6.45) is 4.54. The number of amides is 2. The van der Waals surface area contributed by atoms with Gasteiger partial charge in [-0.05, 0) is 42.7 Å². The Morgan fingerprint density at radius 1 is 1.25 bits per heavy atom. The molecule has 3 heterocycles. The van der Waals surface area contributed by atoms with Crippen molar-refractivity contribution < 1.29 is 14.3 Å². The second-order valence-corrected chi connectivity index (χ2v) is 8.41. The second-order valence-electron chi connectivity index (χ2n) is 8.41. The van der Waals surface area contributed by atoms with Crippen molar-refractivity contribution in [3.05, 3.63) is 77.9 Å². The van der Waals surface area contributed by atoms with Gasteiger partial charge in [0.15, 0.2) is 0 Å². The zero-order valence-corrected chi connectivity index (χ0v) is 18.2. The highest BCUT2D eigenvalue weighted by Crippen LogP contribution is 2.55. The van der Waals surface area contributed by atoms with Crippen molar-refractivity contribution in [3.8, 4) is 5.75 Å². The van der Waals surface area contributed by atoms with Gasteiger partial charge in [-0.2, -0.15) is 0 Å². The Morgan fingerprint density at radius 2 is 2.09 bits per heavy atom. The molecule has 1 aromatic heterocycles. The molecule has 7 heteroatoms. The van der Waals surface area contributed by atoms with Crippen LogP contribution in [0.5, 0.6) is 5.75 Å². The number of hydrogen-bond donors (Lipinski definition) is 1. The zero-order valence-electron chi connectivity index (χ0n) is 18.2. The summed E-state index contributed by atoms with van der Waals surface area (Å²) in [4.78, 5) is 33.1. The molecule has 2 aliphatic rings. The van der Waals surface area contributed by atoms with Gasteiger partial charge in [0.25, 0.3) is 0 Å². The number of rotatable bonds is 5. The standard InChI is InChI=1S/C25H26N4O3/c1-17-26-12-15-28(17)13-10-22(30)29-14-11-25(20-8-3-4-9-21(20)27-24(25)31)23(29)18-6-5-7-19(16-18)32-2/h3-9,12,15-16,23H,10-11,13-14H2,1-2H3,(H,27,31)/t23-,25+/m0/s1. The third-order valence-electron chi connectivity index (χ3n) is 6.81. The van der Waals surface area contributed by atoms with Crippen LogP contribution in [0.3, 0.4) is 0 Å². The molecule has 1 fully saturated rings. The summed E-state index contributed by atoms with van der Waals surface area (Å²) < 4.78 is 7.43. The Kier molecular flexibility index (Phi) is 4.96. The first-order valence-corrected chi connectivity index (χ1v) is 10.9. The molecular weight excluding hydrogens is 404 g/mol. The maximum absolute atomic E-state index is 13.5. The number of carbonyl (C=O) groups is 2. The molecule has 5 rings (SSSR count). The smallest absolute Gasteiger partial charge is 0.237 e. The quantitative estimate of drug-likeness (QED) is 0.673. The number of imidazole rings is 1. The van der Waals surface area contributed by atoms with Crippen LogP contribution in [0.2, 0.25) is 0 Å². The van der Waals surface area contributed by atoms with E-state index in [1.54, 1.807) is 13.3 Å². The fraction of sp³-hybridized carbons (Fsp3) is 0.320. The zero-order chi connectivity index (χ0) is 22.3. The van der Waals surface area contributed by atoms with E-state index in [0.717, 1.165) is 22.6 Å². The van der Waals surface area contributed by atoms with E-state index in [9.17, 15) is 9.59 Å². The van der Waals surface area contributed by atoms with Crippen LogP contribution in [0, 0.1) is 6.92 Å². The molecule has 0 aliphatic carbocycles. The number of hydrogen-bond acceptors (Lipinski definition) is 4. The van der Waals surface area contributed by atoms with E-state index in [2.05, 4.69) is 10.3 Å². The number of para-hydroxylation sites is 1. The number of likely N-dealkylation sites (tertiary alicyclic amines) is 1. The van der Waals surface area contributed by atoms with Crippen LogP contribution in [-0.4, -0.2) is 39.9 Å². The van der Waals surface area contributed by atoms with Crippen molar-refractivity contribution in [1.29, 1.82) is 0 Å². The Labute approximate surface area is 187 Å². The van der Waals surface area contributed by atoms with Crippen LogP contribution in [-0.2, 0) is 21.5 Å². The van der Waals surface area contributed by atoms with Gasteiger partial charge in [0.05, 0.1) is 13.2 Å². The highest BCUT2D eigenvalue weighted by molar-refractivity contribution is 6.07.